The lowest BCUT2D eigenvalue weighted by molar-refractivity contribution is 0.0780. The number of rotatable bonds is 4. The van der Waals surface area contributed by atoms with Crippen molar-refractivity contribution in [3.8, 4) is 0 Å². The first-order chi connectivity index (χ1) is 9.16. The molecule has 1 fully saturated rings. The number of amides is 1. The summed E-state index contributed by atoms with van der Waals surface area (Å²) in [6, 6.07) is 0. The van der Waals surface area contributed by atoms with E-state index in [1.54, 1.807) is 24.3 Å². The van der Waals surface area contributed by atoms with Crippen LogP contribution in [0.3, 0.4) is 0 Å². The highest BCUT2D eigenvalue weighted by atomic mass is 16.2. The normalized spacial score (nSPS) is 14.6. The molecule has 1 aliphatic rings. The van der Waals surface area contributed by atoms with Crippen molar-refractivity contribution in [1.29, 1.82) is 0 Å². The van der Waals surface area contributed by atoms with Crippen LogP contribution < -0.4 is 5.73 Å². The number of carbonyl (C=O) groups is 1. The average molecular weight is 260 g/mol. The molecule has 0 aliphatic heterocycles. The van der Waals surface area contributed by atoms with Crippen molar-refractivity contribution in [2.24, 2.45) is 0 Å². The number of nitrogens with two attached hydrogens (primary N) is 1. The molecule has 0 radical (unpaired) electrons. The van der Waals surface area contributed by atoms with E-state index in [1.165, 1.54) is 0 Å². The van der Waals surface area contributed by atoms with Crippen molar-refractivity contribution in [2.75, 3.05) is 12.8 Å². The van der Waals surface area contributed by atoms with Crippen molar-refractivity contribution in [3.05, 3.63) is 29.3 Å². The fraction of sp³-hybridized carbons (Fsp3) is 0.417. The minimum absolute atomic E-state index is 0.179. The molecule has 0 aromatic carbocycles. The van der Waals surface area contributed by atoms with Gasteiger partial charge in [-0.1, -0.05) is 0 Å². The van der Waals surface area contributed by atoms with Crippen LogP contribution in [-0.4, -0.2) is 38.2 Å². The Hall–Kier alpha value is -2.31. The van der Waals surface area contributed by atoms with Gasteiger partial charge in [0, 0.05) is 31.3 Å². The molecular weight excluding hydrogens is 244 g/mol. The molecule has 7 nitrogen and oxygen atoms in total. The number of nitrogens with one attached hydrogen (secondary N) is 2. The Balaban J connectivity index is 1.75. The maximum absolute atomic E-state index is 12.3. The quantitative estimate of drug-likeness (QED) is 0.758. The standard InChI is InChI=1S/C12H16N6O/c1-18(6-7-4-14-15-5-7)12(19)11-9(13)10(16-17-11)8-2-3-8/h4-5,8H,2-3,6,13H2,1H3,(H,14,15)(H,16,17). The third-order valence-electron chi connectivity index (χ3n) is 3.34. The fourth-order valence-corrected chi connectivity index (χ4v) is 2.10. The second kappa shape index (κ2) is 4.42. The molecule has 0 spiro atoms. The number of hydrogen-bond acceptors (Lipinski definition) is 4. The largest absolute Gasteiger partial charge is 0.395 e. The Kier molecular flexibility index (Phi) is 2.73. The number of aromatic amines is 2. The zero-order valence-electron chi connectivity index (χ0n) is 10.7. The third kappa shape index (κ3) is 2.18. The van der Waals surface area contributed by atoms with E-state index in [0.29, 0.717) is 23.8 Å². The first kappa shape index (κ1) is 11.8. The fourth-order valence-electron chi connectivity index (χ4n) is 2.10. The Morgan fingerprint density at radius 3 is 3.00 bits per heavy atom. The number of anilines is 1. The monoisotopic (exact) mass is 260 g/mol. The Bertz CT molecular complexity index is 583. The molecule has 2 aromatic rings. The molecule has 2 heterocycles. The zero-order valence-corrected chi connectivity index (χ0v) is 10.7. The van der Waals surface area contributed by atoms with Crippen molar-refractivity contribution in [3.63, 3.8) is 0 Å². The van der Waals surface area contributed by atoms with Crippen molar-refractivity contribution < 1.29 is 4.79 Å². The van der Waals surface area contributed by atoms with Crippen LogP contribution in [0.1, 0.15) is 40.5 Å². The second-order valence-electron chi connectivity index (χ2n) is 4.94. The van der Waals surface area contributed by atoms with E-state index < -0.39 is 0 Å². The van der Waals surface area contributed by atoms with Gasteiger partial charge in [-0.2, -0.15) is 10.2 Å². The van der Waals surface area contributed by atoms with E-state index >= 15 is 0 Å². The van der Waals surface area contributed by atoms with E-state index in [2.05, 4.69) is 20.4 Å². The highest BCUT2D eigenvalue weighted by Gasteiger charge is 2.31. The predicted octanol–water partition coefficient (Wildman–Crippen LogP) is 0.865. The van der Waals surface area contributed by atoms with Crippen LogP contribution in [0.15, 0.2) is 12.4 Å². The molecule has 2 aromatic heterocycles. The van der Waals surface area contributed by atoms with Gasteiger partial charge in [-0.3, -0.25) is 15.0 Å². The average Bonchev–Trinajstić information content (AvgIpc) is 2.97. The summed E-state index contributed by atoms with van der Waals surface area (Å²) >= 11 is 0. The van der Waals surface area contributed by atoms with Gasteiger partial charge in [0.1, 0.15) is 0 Å². The van der Waals surface area contributed by atoms with Crippen molar-refractivity contribution in [1.82, 2.24) is 25.3 Å². The summed E-state index contributed by atoms with van der Waals surface area (Å²) in [7, 11) is 1.72. The van der Waals surface area contributed by atoms with Gasteiger partial charge in [-0.15, -0.1) is 0 Å². The van der Waals surface area contributed by atoms with Gasteiger partial charge < -0.3 is 10.6 Å². The predicted molar refractivity (Wildman–Crippen MR) is 69.4 cm³/mol. The Morgan fingerprint density at radius 2 is 2.37 bits per heavy atom. The molecule has 1 aliphatic carbocycles. The minimum atomic E-state index is -0.179. The molecule has 0 unspecified atom stereocenters. The van der Waals surface area contributed by atoms with Crippen LogP contribution in [0, 0.1) is 0 Å². The summed E-state index contributed by atoms with van der Waals surface area (Å²) in [4.78, 5) is 13.9. The molecule has 1 saturated carbocycles. The van der Waals surface area contributed by atoms with Crippen LogP contribution in [-0.2, 0) is 6.54 Å². The molecule has 4 N–H and O–H groups in total. The van der Waals surface area contributed by atoms with E-state index in [9.17, 15) is 4.79 Å². The first-order valence-corrected chi connectivity index (χ1v) is 6.23. The van der Waals surface area contributed by atoms with Crippen LogP contribution in [0.25, 0.3) is 0 Å². The molecule has 1 amide bonds. The first-order valence-electron chi connectivity index (χ1n) is 6.23. The van der Waals surface area contributed by atoms with Gasteiger partial charge in [0.05, 0.1) is 17.6 Å². The van der Waals surface area contributed by atoms with Gasteiger partial charge in [0.25, 0.3) is 5.91 Å². The third-order valence-corrected chi connectivity index (χ3v) is 3.34. The van der Waals surface area contributed by atoms with Crippen molar-refractivity contribution in [2.45, 2.75) is 25.3 Å². The van der Waals surface area contributed by atoms with Gasteiger partial charge in [0.15, 0.2) is 5.69 Å². The second-order valence-corrected chi connectivity index (χ2v) is 4.94. The van der Waals surface area contributed by atoms with E-state index in [-0.39, 0.29) is 5.91 Å². The number of carbonyl (C=O) groups excluding carboxylic acids is 1. The van der Waals surface area contributed by atoms with E-state index in [0.717, 1.165) is 24.1 Å². The lowest BCUT2D eigenvalue weighted by atomic mass is 10.2. The van der Waals surface area contributed by atoms with Crippen LogP contribution in [0.2, 0.25) is 0 Å². The van der Waals surface area contributed by atoms with Crippen molar-refractivity contribution >= 4 is 11.6 Å². The topological polar surface area (TPSA) is 104 Å². The molecule has 0 bridgehead atoms. The summed E-state index contributed by atoms with van der Waals surface area (Å²) < 4.78 is 0. The van der Waals surface area contributed by atoms with Gasteiger partial charge in [-0.05, 0) is 12.8 Å². The number of hydrogen-bond donors (Lipinski definition) is 3. The summed E-state index contributed by atoms with van der Waals surface area (Å²) in [6.07, 6.45) is 5.68. The molecule has 0 atom stereocenters. The maximum atomic E-state index is 12.3. The molecule has 0 saturated heterocycles. The van der Waals surface area contributed by atoms with E-state index in [1.807, 2.05) is 0 Å². The van der Waals surface area contributed by atoms with Gasteiger partial charge in [-0.25, -0.2) is 0 Å². The molecule has 7 heteroatoms. The molecule has 100 valence electrons. The molecule has 19 heavy (non-hydrogen) atoms. The molecule has 3 rings (SSSR count). The van der Waals surface area contributed by atoms with Crippen LogP contribution in [0.4, 0.5) is 5.69 Å². The number of nitrogen functional groups attached to an aromatic ring is 1. The van der Waals surface area contributed by atoms with Crippen LogP contribution in [0.5, 0.6) is 0 Å². The summed E-state index contributed by atoms with van der Waals surface area (Å²) in [5.41, 5.74) is 8.64. The smallest absolute Gasteiger partial charge is 0.276 e. The van der Waals surface area contributed by atoms with Gasteiger partial charge in [0.2, 0.25) is 0 Å². The summed E-state index contributed by atoms with van der Waals surface area (Å²) in [6.45, 7) is 0.473. The highest BCUT2D eigenvalue weighted by molar-refractivity contribution is 5.97. The summed E-state index contributed by atoms with van der Waals surface area (Å²) in [5, 5.41) is 13.5. The number of aromatic nitrogens is 4. The summed E-state index contributed by atoms with van der Waals surface area (Å²) in [5.74, 6) is 0.273. The number of nitrogens with zero attached hydrogens (tertiary/aromatic N) is 3. The van der Waals surface area contributed by atoms with E-state index in [4.69, 9.17) is 5.73 Å². The van der Waals surface area contributed by atoms with Gasteiger partial charge >= 0.3 is 0 Å². The minimum Gasteiger partial charge on any atom is -0.395 e. The van der Waals surface area contributed by atoms with Crippen LogP contribution >= 0.6 is 0 Å². The Morgan fingerprint density at radius 1 is 1.58 bits per heavy atom. The highest BCUT2D eigenvalue weighted by Crippen LogP contribution is 2.42. The lowest BCUT2D eigenvalue weighted by Crippen LogP contribution is -2.27. The maximum Gasteiger partial charge on any atom is 0.276 e. The lowest BCUT2D eigenvalue weighted by Gasteiger charge is -2.14. The zero-order chi connectivity index (χ0) is 13.4. The Labute approximate surface area is 110 Å². The number of H-pyrrole nitrogens is 2. The molecular formula is C12H16N6O. The SMILES string of the molecule is CN(Cc1cn[nH]c1)C(=O)c1n[nH]c(C2CC2)c1N.